The fourth-order valence-electron chi connectivity index (χ4n) is 2.52. The molecule has 0 unspecified atom stereocenters. The summed E-state index contributed by atoms with van der Waals surface area (Å²) in [5.74, 6) is -0.852. The lowest BCUT2D eigenvalue weighted by atomic mass is 9.85. The van der Waals surface area contributed by atoms with Gasteiger partial charge >= 0.3 is 5.69 Å². The lowest BCUT2D eigenvalue weighted by Crippen LogP contribution is -2.33. The number of nitrogens with zero attached hydrogens (tertiary/aromatic N) is 1. The number of ether oxygens (including phenoxy) is 1. The molecule has 1 atom stereocenters. The van der Waals surface area contributed by atoms with Gasteiger partial charge in [-0.1, -0.05) is 12.1 Å². The SMILES string of the molecule is CSc1ccc([C@H]2C(C#N)=C(N)Oc3[nH]c(=O)[nH]c(=O)c32)cc1. The first-order valence-corrected chi connectivity index (χ1v) is 7.85. The van der Waals surface area contributed by atoms with Gasteiger partial charge in [0.1, 0.15) is 11.6 Å². The van der Waals surface area contributed by atoms with E-state index in [-0.39, 0.29) is 22.9 Å². The Morgan fingerprint density at radius 2 is 1.96 bits per heavy atom. The van der Waals surface area contributed by atoms with Crippen molar-refractivity contribution in [3.8, 4) is 11.9 Å². The van der Waals surface area contributed by atoms with Crippen LogP contribution in [0.2, 0.25) is 0 Å². The smallest absolute Gasteiger partial charge is 0.328 e. The Morgan fingerprint density at radius 1 is 1.26 bits per heavy atom. The van der Waals surface area contributed by atoms with Crippen molar-refractivity contribution in [2.24, 2.45) is 5.73 Å². The summed E-state index contributed by atoms with van der Waals surface area (Å²) >= 11 is 1.58. The Bertz CT molecular complexity index is 950. The number of nitriles is 1. The summed E-state index contributed by atoms with van der Waals surface area (Å²) < 4.78 is 5.25. The van der Waals surface area contributed by atoms with Gasteiger partial charge in [-0.3, -0.25) is 14.8 Å². The molecule has 0 aliphatic carbocycles. The number of nitrogens with one attached hydrogen (secondary N) is 2. The second-order valence-corrected chi connectivity index (χ2v) is 5.73. The number of aromatic amines is 2. The third kappa shape index (κ3) is 2.51. The molecular weight excluding hydrogens is 316 g/mol. The third-order valence-electron chi connectivity index (χ3n) is 3.57. The molecule has 2 heterocycles. The summed E-state index contributed by atoms with van der Waals surface area (Å²) in [7, 11) is 0. The number of nitrogens with two attached hydrogens (primary N) is 1. The molecular formula is C15H12N4O3S. The molecule has 0 saturated heterocycles. The molecule has 23 heavy (non-hydrogen) atoms. The predicted molar refractivity (Wildman–Crippen MR) is 85.2 cm³/mol. The average molecular weight is 328 g/mol. The highest BCUT2D eigenvalue weighted by molar-refractivity contribution is 7.98. The molecule has 1 aromatic heterocycles. The summed E-state index contributed by atoms with van der Waals surface area (Å²) in [5, 5.41) is 9.41. The number of allylic oxidation sites excluding steroid dienone is 1. The van der Waals surface area contributed by atoms with E-state index >= 15 is 0 Å². The molecule has 116 valence electrons. The summed E-state index contributed by atoms with van der Waals surface area (Å²) in [6.07, 6.45) is 1.95. The van der Waals surface area contributed by atoms with E-state index in [2.05, 4.69) is 9.97 Å². The molecule has 0 radical (unpaired) electrons. The Hall–Kier alpha value is -2.92. The topological polar surface area (TPSA) is 125 Å². The fraction of sp³-hybridized carbons (Fsp3) is 0.133. The number of rotatable bonds is 2. The Kier molecular flexibility index (Phi) is 3.72. The lowest BCUT2D eigenvalue weighted by Gasteiger charge is -2.24. The molecule has 4 N–H and O–H groups in total. The van der Waals surface area contributed by atoms with Crippen molar-refractivity contribution in [3.05, 3.63) is 67.7 Å². The van der Waals surface area contributed by atoms with Crippen LogP contribution in [-0.2, 0) is 0 Å². The van der Waals surface area contributed by atoms with Crippen LogP contribution in [0.15, 0.2) is 50.2 Å². The number of thioether (sulfide) groups is 1. The van der Waals surface area contributed by atoms with Crippen LogP contribution in [0.5, 0.6) is 5.88 Å². The van der Waals surface area contributed by atoms with Crippen molar-refractivity contribution in [2.45, 2.75) is 10.8 Å². The zero-order chi connectivity index (χ0) is 16.6. The van der Waals surface area contributed by atoms with Gasteiger partial charge in [0.25, 0.3) is 5.56 Å². The molecule has 1 aliphatic heterocycles. The van der Waals surface area contributed by atoms with Crippen molar-refractivity contribution in [3.63, 3.8) is 0 Å². The second-order valence-electron chi connectivity index (χ2n) is 4.85. The van der Waals surface area contributed by atoms with E-state index in [9.17, 15) is 14.9 Å². The number of H-pyrrole nitrogens is 2. The highest BCUT2D eigenvalue weighted by Gasteiger charge is 2.33. The molecule has 8 heteroatoms. The van der Waals surface area contributed by atoms with Crippen LogP contribution < -0.4 is 21.7 Å². The molecule has 0 amide bonds. The van der Waals surface area contributed by atoms with Crippen molar-refractivity contribution < 1.29 is 4.74 Å². The molecule has 7 nitrogen and oxygen atoms in total. The van der Waals surface area contributed by atoms with E-state index in [0.717, 1.165) is 4.90 Å². The highest BCUT2D eigenvalue weighted by atomic mass is 32.2. The van der Waals surface area contributed by atoms with Gasteiger partial charge in [-0.15, -0.1) is 11.8 Å². The Balaban J connectivity index is 2.26. The number of hydrogen-bond acceptors (Lipinski definition) is 6. The number of hydrogen-bond donors (Lipinski definition) is 3. The van der Waals surface area contributed by atoms with E-state index in [1.165, 1.54) is 0 Å². The predicted octanol–water partition coefficient (Wildman–Crippen LogP) is 1.00. The van der Waals surface area contributed by atoms with Gasteiger partial charge in [0.2, 0.25) is 11.8 Å². The van der Waals surface area contributed by atoms with Gasteiger partial charge in [0, 0.05) is 4.90 Å². The molecule has 0 bridgehead atoms. The average Bonchev–Trinajstić information content (AvgIpc) is 2.53. The van der Waals surface area contributed by atoms with E-state index in [1.54, 1.807) is 11.8 Å². The van der Waals surface area contributed by atoms with E-state index in [4.69, 9.17) is 10.5 Å². The zero-order valence-corrected chi connectivity index (χ0v) is 12.9. The highest BCUT2D eigenvalue weighted by Crippen LogP contribution is 2.38. The fourth-order valence-corrected chi connectivity index (χ4v) is 2.93. The maximum absolute atomic E-state index is 12.2. The maximum Gasteiger partial charge on any atom is 0.328 e. The summed E-state index contributed by atoms with van der Waals surface area (Å²) in [4.78, 5) is 29.3. The first kappa shape index (κ1) is 15.0. The van der Waals surface area contributed by atoms with Gasteiger partial charge in [-0.2, -0.15) is 5.26 Å². The Morgan fingerprint density at radius 3 is 2.57 bits per heavy atom. The molecule has 2 aromatic rings. The first-order valence-electron chi connectivity index (χ1n) is 6.63. The van der Waals surface area contributed by atoms with Gasteiger partial charge in [-0.25, -0.2) is 4.79 Å². The van der Waals surface area contributed by atoms with E-state index in [1.807, 2.05) is 36.6 Å². The number of benzene rings is 1. The van der Waals surface area contributed by atoms with E-state index < -0.39 is 17.2 Å². The Labute approximate surface area is 134 Å². The van der Waals surface area contributed by atoms with Crippen LogP contribution in [0.4, 0.5) is 0 Å². The molecule has 0 fully saturated rings. The normalized spacial score (nSPS) is 16.4. The minimum atomic E-state index is -0.696. The van der Waals surface area contributed by atoms with Crippen molar-refractivity contribution in [1.82, 2.24) is 9.97 Å². The number of aromatic nitrogens is 2. The third-order valence-corrected chi connectivity index (χ3v) is 4.31. The van der Waals surface area contributed by atoms with Gasteiger partial charge in [-0.05, 0) is 24.0 Å². The largest absolute Gasteiger partial charge is 0.424 e. The zero-order valence-electron chi connectivity index (χ0n) is 12.0. The van der Waals surface area contributed by atoms with Crippen molar-refractivity contribution in [2.75, 3.05) is 6.26 Å². The monoisotopic (exact) mass is 328 g/mol. The van der Waals surface area contributed by atoms with Crippen LogP contribution in [0.3, 0.4) is 0 Å². The van der Waals surface area contributed by atoms with Crippen LogP contribution in [0.25, 0.3) is 0 Å². The minimum absolute atomic E-state index is 0.0332. The summed E-state index contributed by atoms with van der Waals surface area (Å²) in [6.45, 7) is 0. The number of fused-ring (bicyclic) bond motifs is 1. The van der Waals surface area contributed by atoms with E-state index in [0.29, 0.717) is 5.56 Å². The summed E-state index contributed by atoms with van der Waals surface area (Å²) in [6, 6.07) is 9.41. The van der Waals surface area contributed by atoms with Crippen LogP contribution >= 0.6 is 11.8 Å². The van der Waals surface area contributed by atoms with Crippen molar-refractivity contribution >= 4 is 11.8 Å². The standard InChI is InChI=1S/C15H12N4O3S/c1-23-8-4-2-7(3-5-8)10-9(6-16)12(17)22-14-11(10)13(20)18-15(21)19-14/h2-5,10H,17H2,1H3,(H2,18,19,20,21)/t10-/m0/s1. The maximum atomic E-state index is 12.2. The molecule has 0 spiro atoms. The molecule has 1 aliphatic rings. The van der Waals surface area contributed by atoms with Crippen LogP contribution in [-0.4, -0.2) is 16.2 Å². The van der Waals surface area contributed by atoms with Gasteiger partial charge in [0.05, 0.1) is 11.5 Å². The van der Waals surface area contributed by atoms with Crippen LogP contribution in [0.1, 0.15) is 17.0 Å². The lowest BCUT2D eigenvalue weighted by molar-refractivity contribution is 0.373. The van der Waals surface area contributed by atoms with Crippen molar-refractivity contribution in [1.29, 1.82) is 5.26 Å². The first-order chi connectivity index (χ1) is 11.0. The van der Waals surface area contributed by atoms with Gasteiger partial charge < -0.3 is 10.5 Å². The molecule has 0 saturated carbocycles. The van der Waals surface area contributed by atoms with Gasteiger partial charge in [0.15, 0.2) is 0 Å². The molecule has 1 aromatic carbocycles. The quantitative estimate of drug-likeness (QED) is 0.706. The second kappa shape index (κ2) is 5.70. The summed E-state index contributed by atoms with van der Waals surface area (Å²) in [5.41, 5.74) is 5.48. The van der Waals surface area contributed by atoms with Crippen LogP contribution in [0, 0.1) is 11.3 Å². The molecule has 3 rings (SSSR count). The minimum Gasteiger partial charge on any atom is -0.424 e.